The van der Waals surface area contributed by atoms with E-state index in [0.29, 0.717) is 4.99 Å². The van der Waals surface area contributed by atoms with Gasteiger partial charge in [0.25, 0.3) is 0 Å². The Labute approximate surface area is 92.9 Å². The standard InChI is InChI=1S/C11H10N2OS/c12-11(15)7-14-9-3-4-10-8(6-9)2-1-5-13-10/h1-6H,7H2,(H2,12,15). The summed E-state index contributed by atoms with van der Waals surface area (Å²) in [6, 6.07) is 9.55. The summed E-state index contributed by atoms with van der Waals surface area (Å²) in [6.45, 7) is 0.265. The Morgan fingerprint density at radius 1 is 1.40 bits per heavy atom. The first kappa shape index (κ1) is 9.86. The van der Waals surface area contributed by atoms with E-state index < -0.39 is 0 Å². The molecule has 1 aromatic heterocycles. The Bertz CT molecular complexity index is 499. The van der Waals surface area contributed by atoms with Crippen molar-refractivity contribution in [1.82, 2.24) is 4.98 Å². The monoisotopic (exact) mass is 218 g/mol. The third-order valence-corrected chi connectivity index (χ3v) is 2.07. The van der Waals surface area contributed by atoms with E-state index in [9.17, 15) is 0 Å². The third kappa shape index (κ3) is 2.41. The zero-order chi connectivity index (χ0) is 10.7. The molecule has 2 N–H and O–H groups in total. The number of pyridine rings is 1. The number of hydrogen-bond acceptors (Lipinski definition) is 3. The summed E-state index contributed by atoms with van der Waals surface area (Å²) >= 11 is 4.73. The second-order valence-corrected chi connectivity index (χ2v) is 3.64. The molecule has 0 aliphatic rings. The number of rotatable bonds is 3. The van der Waals surface area contributed by atoms with Crippen LogP contribution in [0, 0.1) is 0 Å². The minimum absolute atomic E-state index is 0.265. The van der Waals surface area contributed by atoms with Gasteiger partial charge in [0.2, 0.25) is 0 Å². The Morgan fingerprint density at radius 2 is 2.27 bits per heavy atom. The van der Waals surface area contributed by atoms with Crippen molar-refractivity contribution in [3.8, 4) is 5.75 Å². The Morgan fingerprint density at radius 3 is 3.07 bits per heavy atom. The molecule has 15 heavy (non-hydrogen) atoms. The molecule has 0 unspecified atom stereocenters. The summed E-state index contributed by atoms with van der Waals surface area (Å²) in [6.07, 6.45) is 1.76. The van der Waals surface area contributed by atoms with E-state index in [1.165, 1.54) is 0 Å². The molecular weight excluding hydrogens is 208 g/mol. The maximum atomic E-state index is 5.38. The second kappa shape index (κ2) is 4.23. The van der Waals surface area contributed by atoms with E-state index in [1.807, 2.05) is 30.3 Å². The number of fused-ring (bicyclic) bond motifs is 1. The SMILES string of the molecule is NC(=S)COc1ccc2ncccc2c1. The molecule has 0 aliphatic carbocycles. The van der Waals surface area contributed by atoms with E-state index in [1.54, 1.807) is 6.20 Å². The zero-order valence-electron chi connectivity index (χ0n) is 8.01. The van der Waals surface area contributed by atoms with Gasteiger partial charge in [-0.3, -0.25) is 4.98 Å². The van der Waals surface area contributed by atoms with Crippen LogP contribution in [-0.2, 0) is 0 Å². The fourth-order valence-electron chi connectivity index (χ4n) is 1.30. The first-order chi connectivity index (χ1) is 7.25. The summed E-state index contributed by atoms with van der Waals surface area (Å²) in [5.74, 6) is 0.753. The predicted octanol–water partition coefficient (Wildman–Crippen LogP) is 1.90. The van der Waals surface area contributed by atoms with Gasteiger partial charge in [0, 0.05) is 11.6 Å². The van der Waals surface area contributed by atoms with Crippen LogP contribution < -0.4 is 10.5 Å². The van der Waals surface area contributed by atoms with Crippen LogP contribution in [0.4, 0.5) is 0 Å². The number of thiocarbonyl (C=S) groups is 1. The van der Waals surface area contributed by atoms with Gasteiger partial charge in [0.15, 0.2) is 0 Å². The van der Waals surface area contributed by atoms with Crippen molar-refractivity contribution in [2.75, 3.05) is 6.61 Å². The smallest absolute Gasteiger partial charge is 0.138 e. The summed E-state index contributed by atoms with van der Waals surface area (Å²) in [5, 5.41) is 1.04. The van der Waals surface area contributed by atoms with Crippen LogP contribution in [0.3, 0.4) is 0 Å². The van der Waals surface area contributed by atoms with Crippen LogP contribution in [0.2, 0.25) is 0 Å². The van der Waals surface area contributed by atoms with Crippen molar-refractivity contribution >= 4 is 28.1 Å². The van der Waals surface area contributed by atoms with Crippen LogP contribution in [0.5, 0.6) is 5.75 Å². The van der Waals surface area contributed by atoms with Crippen molar-refractivity contribution in [2.45, 2.75) is 0 Å². The fraction of sp³-hybridized carbons (Fsp3) is 0.0909. The van der Waals surface area contributed by atoms with Gasteiger partial charge >= 0.3 is 0 Å². The van der Waals surface area contributed by atoms with Crippen molar-refractivity contribution < 1.29 is 4.74 Å². The Kier molecular flexibility index (Phi) is 2.78. The number of aromatic nitrogens is 1. The van der Waals surface area contributed by atoms with Crippen molar-refractivity contribution in [1.29, 1.82) is 0 Å². The summed E-state index contributed by atoms with van der Waals surface area (Å²) in [5.41, 5.74) is 6.29. The van der Waals surface area contributed by atoms with Crippen LogP contribution in [0.25, 0.3) is 10.9 Å². The summed E-state index contributed by atoms with van der Waals surface area (Å²) in [7, 11) is 0. The van der Waals surface area contributed by atoms with Crippen molar-refractivity contribution in [3.63, 3.8) is 0 Å². The summed E-state index contributed by atoms with van der Waals surface area (Å²) in [4.78, 5) is 4.56. The molecule has 0 saturated carbocycles. The quantitative estimate of drug-likeness (QED) is 0.799. The van der Waals surface area contributed by atoms with E-state index in [2.05, 4.69) is 4.98 Å². The van der Waals surface area contributed by atoms with Crippen molar-refractivity contribution in [2.24, 2.45) is 5.73 Å². The molecule has 0 saturated heterocycles. The predicted molar refractivity (Wildman–Crippen MR) is 64.0 cm³/mol. The topological polar surface area (TPSA) is 48.1 Å². The number of nitrogens with two attached hydrogens (primary N) is 1. The largest absolute Gasteiger partial charge is 0.486 e. The van der Waals surface area contributed by atoms with E-state index in [-0.39, 0.29) is 6.61 Å². The molecule has 1 heterocycles. The van der Waals surface area contributed by atoms with Crippen molar-refractivity contribution in [3.05, 3.63) is 36.5 Å². The van der Waals surface area contributed by atoms with Crippen LogP contribution in [0.15, 0.2) is 36.5 Å². The molecule has 2 aromatic rings. The highest BCUT2D eigenvalue weighted by Crippen LogP contribution is 2.18. The maximum absolute atomic E-state index is 5.38. The number of ether oxygens (including phenoxy) is 1. The van der Waals surface area contributed by atoms with E-state index >= 15 is 0 Å². The minimum atomic E-state index is 0.265. The first-order valence-corrected chi connectivity index (χ1v) is 4.92. The molecule has 0 radical (unpaired) electrons. The molecule has 4 heteroatoms. The molecule has 0 spiro atoms. The van der Waals surface area contributed by atoms with E-state index in [4.69, 9.17) is 22.7 Å². The first-order valence-electron chi connectivity index (χ1n) is 4.51. The molecule has 0 fully saturated rings. The Balaban J connectivity index is 2.26. The summed E-state index contributed by atoms with van der Waals surface area (Å²) < 4.78 is 5.38. The lowest BCUT2D eigenvalue weighted by atomic mass is 10.2. The molecule has 1 aromatic carbocycles. The molecule has 0 aliphatic heterocycles. The van der Waals surface area contributed by atoms with Gasteiger partial charge in [-0.15, -0.1) is 0 Å². The highest BCUT2D eigenvalue weighted by Gasteiger charge is 1.98. The number of nitrogens with zero attached hydrogens (tertiary/aromatic N) is 1. The normalized spacial score (nSPS) is 10.1. The molecule has 2 rings (SSSR count). The number of hydrogen-bond donors (Lipinski definition) is 1. The van der Waals surface area contributed by atoms with Gasteiger partial charge < -0.3 is 10.5 Å². The molecular formula is C11H10N2OS. The lowest BCUT2D eigenvalue weighted by Crippen LogP contribution is -2.17. The molecule has 0 bridgehead atoms. The van der Waals surface area contributed by atoms with Gasteiger partial charge in [-0.25, -0.2) is 0 Å². The van der Waals surface area contributed by atoms with Gasteiger partial charge in [-0.05, 0) is 24.3 Å². The third-order valence-electron chi connectivity index (χ3n) is 1.96. The molecule has 3 nitrogen and oxygen atoms in total. The van der Waals surface area contributed by atoms with Gasteiger partial charge in [0.1, 0.15) is 17.3 Å². The molecule has 76 valence electrons. The average Bonchev–Trinajstić information content (AvgIpc) is 2.26. The molecule has 0 amide bonds. The van der Waals surface area contributed by atoms with Crippen LogP contribution in [0.1, 0.15) is 0 Å². The van der Waals surface area contributed by atoms with Gasteiger partial charge in [-0.2, -0.15) is 0 Å². The highest BCUT2D eigenvalue weighted by atomic mass is 32.1. The molecule has 0 atom stereocenters. The van der Waals surface area contributed by atoms with E-state index in [0.717, 1.165) is 16.7 Å². The fourth-order valence-corrected chi connectivity index (χ4v) is 1.36. The minimum Gasteiger partial charge on any atom is -0.486 e. The van der Waals surface area contributed by atoms with Crippen LogP contribution >= 0.6 is 12.2 Å². The lowest BCUT2D eigenvalue weighted by molar-refractivity contribution is 0.378. The Hall–Kier alpha value is -1.68. The van der Waals surface area contributed by atoms with Crippen LogP contribution in [-0.4, -0.2) is 16.6 Å². The van der Waals surface area contributed by atoms with Gasteiger partial charge in [0.05, 0.1) is 5.52 Å². The maximum Gasteiger partial charge on any atom is 0.138 e. The zero-order valence-corrected chi connectivity index (χ0v) is 8.83. The second-order valence-electron chi connectivity index (χ2n) is 3.11. The van der Waals surface area contributed by atoms with Gasteiger partial charge in [-0.1, -0.05) is 18.3 Å². The lowest BCUT2D eigenvalue weighted by Gasteiger charge is -2.05. The highest BCUT2D eigenvalue weighted by molar-refractivity contribution is 7.80. The number of benzene rings is 1. The average molecular weight is 218 g/mol.